The van der Waals surface area contributed by atoms with Crippen LogP contribution in [0.4, 0.5) is 0 Å². The third-order valence-corrected chi connectivity index (χ3v) is 3.30. The first kappa shape index (κ1) is 12.9. The van der Waals surface area contributed by atoms with Crippen LogP contribution in [0, 0.1) is 11.8 Å². The minimum atomic E-state index is 0.165. The van der Waals surface area contributed by atoms with Gasteiger partial charge in [0.25, 0.3) is 0 Å². The van der Waals surface area contributed by atoms with Gasteiger partial charge in [-0.05, 0) is 31.1 Å². The Morgan fingerprint density at radius 2 is 1.93 bits per heavy atom. The topological polar surface area (TPSA) is 44.5 Å². The summed E-state index contributed by atoms with van der Waals surface area (Å²) in [7, 11) is 1.76. The average Bonchev–Trinajstić information content (AvgIpc) is 2.19. The SMILES string of the molecule is COC(C(C)C)C(N)CC1CCOCC1. The van der Waals surface area contributed by atoms with Crippen LogP contribution in [0.3, 0.4) is 0 Å². The van der Waals surface area contributed by atoms with Gasteiger partial charge in [0.1, 0.15) is 0 Å². The fourth-order valence-corrected chi connectivity index (χ4v) is 2.44. The zero-order valence-corrected chi connectivity index (χ0v) is 10.2. The van der Waals surface area contributed by atoms with Crippen LogP contribution in [0.2, 0.25) is 0 Å². The van der Waals surface area contributed by atoms with Crippen LogP contribution in [-0.4, -0.2) is 32.5 Å². The lowest BCUT2D eigenvalue weighted by atomic mass is 9.88. The molecule has 0 spiro atoms. The van der Waals surface area contributed by atoms with Crippen LogP contribution >= 0.6 is 0 Å². The zero-order chi connectivity index (χ0) is 11.3. The molecule has 1 rings (SSSR count). The minimum Gasteiger partial charge on any atom is -0.381 e. The molecular weight excluding hydrogens is 190 g/mol. The molecule has 2 N–H and O–H groups in total. The van der Waals surface area contributed by atoms with Gasteiger partial charge in [0.15, 0.2) is 0 Å². The fraction of sp³-hybridized carbons (Fsp3) is 1.00. The van der Waals surface area contributed by atoms with Gasteiger partial charge in [0.05, 0.1) is 6.10 Å². The number of hydrogen-bond donors (Lipinski definition) is 1. The molecule has 0 saturated carbocycles. The van der Waals surface area contributed by atoms with Crippen LogP contribution in [0.25, 0.3) is 0 Å². The predicted molar refractivity (Wildman–Crippen MR) is 61.8 cm³/mol. The van der Waals surface area contributed by atoms with Crippen LogP contribution < -0.4 is 5.73 Å². The van der Waals surface area contributed by atoms with Gasteiger partial charge in [-0.2, -0.15) is 0 Å². The third-order valence-electron chi connectivity index (χ3n) is 3.30. The monoisotopic (exact) mass is 215 g/mol. The summed E-state index contributed by atoms with van der Waals surface area (Å²) in [4.78, 5) is 0. The van der Waals surface area contributed by atoms with E-state index in [0.717, 1.165) is 38.4 Å². The van der Waals surface area contributed by atoms with E-state index in [0.29, 0.717) is 5.92 Å². The Labute approximate surface area is 93.3 Å². The van der Waals surface area contributed by atoms with Crippen molar-refractivity contribution in [1.82, 2.24) is 0 Å². The summed E-state index contributed by atoms with van der Waals surface area (Å²) >= 11 is 0. The molecule has 2 unspecified atom stereocenters. The Balaban J connectivity index is 2.34. The molecule has 0 radical (unpaired) electrons. The second-order valence-electron chi connectivity index (χ2n) is 4.90. The molecule has 0 aromatic heterocycles. The molecule has 1 aliphatic rings. The van der Waals surface area contributed by atoms with Crippen molar-refractivity contribution in [3.63, 3.8) is 0 Å². The zero-order valence-electron chi connectivity index (χ0n) is 10.2. The van der Waals surface area contributed by atoms with E-state index in [1.807, 2.05) is 0 Å². The average molecular weight is 215 g/mol. The van der Waals surface area contributed by atoms with Gasteiger partial charge < -0.3 is 15.2 Å². The molecule has 0 aromatic carbocycles. The van der Waals surface area contributed by atoms with Crippen molar-refractivity contribution < 1.29 is 9.47 Å². The van der Waals surface area contributed by atoms with Crippen LogP contribution in [0.15, 0.2) is 0 Å². The van der Waals surface area contributed by atoms with Crippen molar-refractivity contribution in [3.8, 4) is 0 Å². The maximum atomic E-state index is 6.19. The third kappa shape index (κ3) is 4.09. The first-order valence-electron chi connectivity index (χ1n) is 6.01. The molecular formula is C12H25NO2. The highest BCUT2D eigenvalue weighted by atomic mass is 16.5. The highest BCUT2D eigenvalue weighted by Gasteiger charge is 2.25. The Hall–Kier alpha value is -0.120. The van der Waals surface area contributed by atoms with Crippen molar-refractivity contribution in [2.24, 2.45) is 17.6 Å². The molecule has 1 aliphatic heterocycles. The van der Waals surface area contributed by atoms with E-state index in [4.69, 9.17) is 15.2 Å². The summed E-state index contributed by atoms with van der Waals surface area (Å²) in [5, 5.41) is 0. The first-order chi connectivity index (χ1) is 7.15. The highest BCUT2D eigenvalue weighted by molar-refractivity contribution is 4.79. The molecule has 3 heteroatoms. The van der Waals surface area contributed by atoms with E-state index in [-0.39, 0.29) is 12.1 Å². The molecule has 2 atom stereocenters. The van der Waals surface area contributed by atoms with E-state index in [9.17, 15) is 0 Å². The second kappa shape index (κ2) is 6.46. The van der Waals surface area contributed by atoms with E-state index < -0.39 is 0 Å². The number of ether oxygens (including phenoxy) is 2. The van der Waals surface area contributed by atoms with E-state index in [1.54, 1.807) is 7.11 Å². The summed E-state index contributed by atoms with van der Waals surface area (Å²) in [6, 6.07) is 0.165. The quantitative estimate of drug-likeness (QED) is 0.760. The lowest BCUT2D eigenvalue weighted by molar-refractivity contribution is 0.0217. The Kier molecular flexibility index (Phi) is 5.58. The van der Waals surface area contributed by atoms with Crippen LogP contribution in [-0.2, 0) is 9.47 Å². The molecule has 0 aromatic rings. The molecule has 1 fully saturated rings. The normalized spacial score (nSPS) is 23.0. The maximum absolute atomic E-state index is 6.19. The second-order valence-corrected chi connectivity index (χ2v) is 4.90. The fourth-order valence-electron chi connectivity index (χ4n) is 2.44. The van der Waals surface area contributed by atoms with E-state index in [1.165, 1.54) is 0 Å². The number of methoxy groups -OCH3 is 1. The van der Waals surface area contributed by atoms with Crippen molar-refractivity contribution >= 4 is 0 Å². The number of hydrogen-bond acceptors (Lipinski definition) is 3. The van der Waals surface area contributed by atoms with Gasteiger partial charge in [0, 0.05) is 26.4 Å². The minimum absolute atomic E-state index is 0.165. The predicted octanol–water partition coefficient (Wildman–Crippen LogP) is 1.80. The van der Waals surface area contributed by atoms with Gasteiger partial charge in [-0.25, -0.2) is 0 Å². The van der Waals surface area contributed by atoms with E-state index in [2.05, 4.69) is 13.8 Å². The lowest BCUT2D eigenvalue weighted by Gasteiger charge is -2.30. The van der Waals surface area contributed by atoms with Crippen molar-refractivity contribution in [2.75, 3.05) is 20.3 Å². The number of rotatable bonds is 5. The van der Waals surface area contributed by atoms with Gasteiger partial charge in [-0.1, -0.05) is 13.8 Å². The standard InChI is InChI=1S/C12H25NO2/c1-9(2)12(14-3)11(13)8-10-4-6-15-7-5-10/h9-12H,4-8,13H2,1-3H3. The molecule has 3 nitrogen and oxygen atoms in total. The van der Waals surface area contributed by atoms with Gasteiger partial charge in [0.2, 0.25) is 0 Å². The number of nitrogens with two attached hydrogens (primary N) is 1. The maximum Gasteiger partial charge on any atom is 0.0745 e. The van der Waals surface area contributed by atoms with Crippen molar-refractivity contribution in [3.05, 3.63) is 0 Å². The van der Waals surface area contributed by atoms with Gasteiger partial charge >= 0.3 is 0 Å². The van der Waals surface area contributed by atoms with Gasteiger partial charge in [-0.3, -0.25) is 0 Å². The molecule has 0 bridgehead atoms. The molecule has 1 heterocycles. The summed E-state index contributed by atoms with van der Waals surface area (Å²) in [5.41, 5.74) is 6.19. The lowest BCUT2D eigenvalue weighted by Crippen LogP contribution is -2.41. The van der Waals surface area contributed by atoms with Crippen LogP contribution in [0.1, 0.15) is 33.1 Å². The highest BCUT2D eigenvalue weighted by Crippen LogP contribution is 2.22. The summed E-state index contributed by atoms with van der Waals surface area (Å²) in [6.45, 7) is 6.13. The van der Waals surface area contributed by atoms with E-state index >= 15 is 0 Å². The molecule has 0 aliphatic carbocycles. The molecule has 1 saturated heterocycles. The summed E-state index contributed by atoms with van der Waals surface area (Å²) in [6.07, 6.45) is 3.57. The van der Waals surface area contributed by atoms with Crippen molar-refractivity contribution in [1.29, 1.82) is 0 Å². The van der Waals surface area contributed by atoms with Crippen LogP contribution in [0.5, 0.6) is 0 Å². The molecule has 15 heavy (non-hydrogen) atoms. The Morgan fingerprint density at radius 3 is 2.40 bits per heavy atom. The largest absolute Gasteiger partial charge is 0.381 e. The van der Waals surface area contributed by atoms with Gasteiger partial charge in [-0.15, -0.1) is 0 Å². The smallest absolute Gasteiger partial charge is 0.0745 e. The first-order valence-corrected chi connectivity index (χ1v) is 6.01. The summed E-state index contributed by atoms with van der Waals surface area (Å²) in [5.74, 6) is 1.22. The molecule has 0 amide bonds. The Bertz CT molecular complexity index is 167. The summed E-state index contributed by atoms with van der Waals surface area (Å²) < 4.78 is 10.8. The molecule has 90 valence electrons. The van der Waals surface area contributed by atoms with Crippen molar-refractivity contribution in [2.45, 2.75) is 45.3 Å². The Morgan fingerprint density at radius 1 is 1.33 bits per heavy atom.